The van der Waals surface area contributed by atoms with E-state index in [1.165, 1.54) is 33.5 Å². The zero-order chi connectivity index (χ0) is 40.9. The molecule has 0 aromatic heterocycles. The normalized spacial score (nSPS) is 19.9. The number of nitrogens with zero attached hydrogens (tertiary/aromatic N) is 1. The molecule has 0 saturated heterocycles. The number of aliphatic hydroxyl groups is 1. The molecular weight excluding hydrogens is 718 g/mol. The highest BCUT2D eigenvalue weighted by atomic mass is 16.6. The van der Waals surface area contributed by atoms with Gasteiger partial charge in [0.25, 0.3) is 5.69 Å². The fourth-order valence-electron chi connectivity index (χ4n) is 7.76. The maximum absolute atomic E-state index is 13.5. The Bertz CT molecular complexity index is 2070. The van der Waals surface area contributed by atoms with Crippen LogP contribution < -0.4 is 28.4 Å². The minimum absolute atomic E-state index is 0.0524. The van der Waals surface area contributed by atoms with Crippen LogP contribution >= 0.6 is 0 Å². The fourth-order valence-corrected chi connectivity index (χ4v) is 7.76. The predicted octanol–water partition coefficient (Wildman–Crippen LogP) is 8.10. The number of fused-ring (bicyclic) bond motifs is 2. The van der Waals surface area contributed by atoms with E-state index in [0.717, 1.165) is 23.1 Å². The lowest BCUT2D eigenvalue weighted by atomic mass is 9.57. The van der Waals surface area contributed by atoms with Crippen molar-refractivity contribution in [3.63, 3.8) is 0 Å². The molecule has 3 aromatic rings. The van der Waals surface area contributed by atoms with Crippen molar-refractivity contribution >= 4 is 23.8 Å². The molecule has 5 rings (SSSR count). The monoisotopic (exact) mass is 769 g/mol. The number of ether oxygens (including phenoxy) is 7. The summed E-state index contributed by atoms with van der Waals surface area (Å²) in [5.41, 5.74) is 2.66. The molecule has 1 saturated carbocycles. The summed E-state index contributed by atoms with van der Waals surface area (Å²) in [7, 11) is 5.52. The first-order valence-electron chi connectivity index (χ1n) is 18.4. The van der Waals surface area contributed by atoms with Crippen molar-refractivity contribution in [1.82, 2.24) is 0 Å². The summed E-state index contributed by atoms with van der Waals surface area (Å²) >= 11 is 0. The summed E-state index contributed by atoms with van der Waals surface area (Å²) in [6, 6.07) is 10.0. The molecule has 2 aliphatic rings. The van der Waals surface area contributed by atoms with Crippen molar-refractivity contribution < 1.29 is 48.0 Å². The standard InChI is InChI=1S/C44H51NO11/c1-11-18-54-33-20-28(14-13-27-19-29-23-38-43(4,5)39(46)16-17-44(38,6)56-40(29)37(22-27)52-9)21-34(30(33)15-12-26(2)3)55-41(42(47)53-10)31-24-35(50-7)36(51-8)25-32(31)45(48)49/h1,12-14,19-22,24-25,38-39,41,46H,15-18,23H2,2-10H3/b14-13+/t38?,39-,41?,44-/m1/s1. The van der Waals surface area contributed by atoms with E-state index in [1.807, 2.05) is 44.2 Å². The van der Waals surface area contributed by atoms with E-state index in [2.05, 4.69) is 32.8 Å². The molecule has 1 fully saturated rings. The largest absolute Gasteiger partial charge is 0.493 e. The highest BCUT2D eigenvalue weighted by molar-refractivity contribution is 5.80. The smallest absolute Gasteiger partial charge is 0.352 e. The summed E-state index contributed by atoms with van der Waals surface area (Å²) in [6.07, 6.45) is 11.7. The average Bonchev–Trinajstić information content (AvgIpc) is 3.17. The van der Waals surface area contributed by atoms with E-state index >= 15 is 0 Å². The van der Waals surface area contributed by atoms with Gasteiger partial charge in [0.05, 0.1) is 51.1 Å². The van der Waals surface area contributed by atoms with Gasteiger partial charge in [-0.25, -0.2) is 4.79 Å². The number of carbonyl (C=O) groups is 1. The molecule has 1 aliphatic carbocycles. The van der Waals surface area contributed by atoms with Gasteiger partial charge in [0.1, 0.15) is 23.7 Å². The molecule has 12 nitrogen and oxygen atoms in total. The van der Waals surface area contributed by atoms with Gasteiger partial charge in [0.2, 0.25) is 6.10 Å². The third-order valence-electron chi connectivity index (χ3n) is 10.9. The van der Waals surface area contributed by atoms with Crippen LogP contribution in [0.15, 0.2) is 48.0 Å². The lowest BCUT2D eigenvalue weighted by Gasteiger charge is -2.55. The van der Waals surface area contributed by atoms with E-state index in [-0.39, 0.29) is 40.8 Å². The van der Waals surface area contributed by atoms with Gasteiger partial charge >= 0.3 is 5.97 Å². The third-order valence-corrected chi connectivity index (χ3v) is 10.9. The van der Waals surface area contributed by atoms with Crippen LogP contribution in [0, 0.1) is 33.8 Å². The van der Waals surface area contributed by atoms with Crippen molar-refractivity contribution in [1.29, 1.82) is 0 Å². The van der Waals surface area contributed by atoms with Crippen LogP contribution in [0.5, 0.6) is 34.5 Å². The van der Waals surface area contributed by atoms with E-state index in [9.17, 15) is 20.0 Å². The predicted molar refractivity (Wildman–Crippen MR) is 213 cm³/mol. The summed E-state index contributed by atoms with van der Waals surface area (Å²) in [5, 5.41) is 23.3. The number of esters is 1. The van der Waals surface area contributed by atoms with Crippen LogP contribution in [0.3, 0.4) is 0 Å². The van der Waals surface area contributed by atoms with Gasteiger partial charge < -0.3 is 38.3 Å². The Morgan fingerprint density at radius 3 is 2.21 bits per heavy atom. The van der Waals surface area contributed by atoms with Crippen molar-refractivity contribution in [2.75, 3.05) is 35.0 Å². The molecule has 0 amide bonds. The van der Waals surface area contributed by atoms with Crippen molar-refractivity contribution in [2.24, 2.45) is 11.3 Å². The van der Waals surface area contributed by atoms with E-state index in [4.69, 9.17) is 39.6 Å². The van der Waals surface area contributed by atoms with E-state index in [0.29, 0.717) is 47.6 Å². The fraction of sp³-hybridized carbons (Fsp3) is 0.432. The molecule has 4 atom stereocenters. The van der Waals surface area contributed by atoms with Crippen LogP contribution in [0.4, 0.5) is 5.69 Å². The highest BCUT2D eigenvalue weighted by Gasteiger charge is 2.55. The minimum atomic E-state index is -1.59. The summed E-state index contributed by atoms with van der Waals surface area (Å²) in [4.78, 5) is 25.2. The number of terminal acetylenes is 1. The second kappa shape index (κ2) is 17.0. The number of carbonyl (C=O) groups excluding carboxylic acids is 1. The van der Waals surface area contributed by atoms with Gasteiger partial charge in [-0.2, -0.15) is 0 Å². The number of hydrogen-bond acceptors (Lipinski definition) is 11. The summed E-state index contributed by atoms with van der Waals surface area (Å²) in [5.74, 6) is 3.87. The van der Waals surface area contributed by atoms with E-state index in [1.54, 1.807) is 13.2 Å². The molecule has 298 valence electrons. The molecule has 0 radical (unpaired) electrons. The number of aliphatic hydroxyl groups excluding tert-OH is 1. The Morgan fingerprint density at radius 1 is 0.982 bits per heavy atom. The lowest BCUT2D eigenvalue weighted by Crippen LogP contribution is -2.58. The molecule has 1 N–H and O–H groups in total. The molecule has 3 aromatic carbocycles. The van der Waals surface area contributed by atoms with Crippen molar-refractivity contribution in [3.8, 4) is 46.8 Å². The van der Waals surface area contributed by atoms with Gasteiger partial charge in [-0.1, -0.05) is 43.6 Å². The van der Waals surface area contributed by atoms with Crippen LogP contribution in [0.2, 0.25) is 0 Å². The zero-order valence-electron chi connectivity index (χ0n) is 33.5. The first kappa shape index (κ1) is 41.5. The number of methoxy groups -OCH3 is 4. The topological polar surface area (TPSA) is 145 Å². The quantitative estimate of drug-likeness (QED) is 0.0424. The molecular formula is C44H51NO11. The van der Waals surface area contributed by atoms with Crippen LogP contribution in [0.1, 0.15) is 81.4 Å². The third kappa shape index (κ3) is 8.43. The van der Waals surface area contributed by atoms with Crippen molar-refractivity contribution in [3.05, 3.63) is 86.0 Å². The molecule has 12 heteroatoms. The zero-order valence-corrected chi connectivity index (χ0v) is 33.5. The molecule has 2 unspecified atom stereocenters. The minimum Gasteiger partial charge on any atom is -0.493 e. The second-order valence-electron chi connectivity index (χ2n) is 15.1. The van der Waals surface area contributed by atoms with Gasteiger partial charge in [0, 0.05) is 11.5 Å². The second-order valence-corrected chi connectivity index (χ2v) is 15.1. The number of nitro groups is 1. The number of rotatable bonds is 14. The first-order chi connectivity index (χ1) is 26.6. The highest BCUT2D eigenvalue weighted by Crippen LogP contribution is 2.55. The Morgan fingerprint density at radius 2 is 1.61 bits per heavy atom. The van der Waals surface area contributed by atoms with Crippen LogP contribution in [-0.4, -0.2) is 62.8 Å². The first-order valence-corrected chi connectivity index (χ1v) is 18.4. The van der Waals surface area contributed by atoms with Gasteiger partial charge in [-0.15, -0.1) is 6.42 Å². The molecule has 1 heterocycles. The van der Waals surface area contributed by atoms with Gasteiger partial charge in [-0.3, -0.25) is 10.1 Å². The number of allylic oxidation sites excluding steroid dienone is 2. The molecule has 0 spiro atoms. The SMILES string of the molecule is C#CCOc1cc(/C=C/c2cc3c(c(OC)c2)O[C@]2(C)CC[C@@H](O)C(C)(C)C2C3)cc(OC(C(=O)OC)c2cc(OC)c(OC)cc2[N+](=O)[O-])c1CC=C(C)C. The number of hydrogen-bond donors (Lipinski definition) is 1. The Labute approximate surface area is 328 Å². The Kier molecular flexibility index (Phi) is 12.6. The lowest BCUT2D eigenvalue weighted by molar-refractivity contribution is -0.386. The molecule has 0 bridgehead atoms. The maximum atomic E-state index is 13.5. The van der Waals surface area contributed by atoms with Crippen LogP contribution in [-0.2, 0) is 22.4 Å². The van der Waals surface area contributed by atoms with Crippen molar-refractivity contribution in [2.45, 2.75) is 78.1 Å². The molecule has 56 heavy (non-hydrogen) atoms. The average molecular weight is 770 g/mol. The number of nitro benzene ring substituents is 1. The molecule has 1 aliphatic heterocycles. The number of benzene rings is 3. The Balaban J connectivity index is 1.63. The van der Waals surface area contributed by atoms with Crippen LogP contribution in [0.25, 0.3) is 12.2 Å². The maximum Gasteiger partial charge on any atom is 0.352 e. The van der Waals surface area contributed by atoms with E-state index < -0.39 is 34.4 Å². The summed E-state index contributed by atoms with van der Waals surface area (Å²) in [6.45, 7) is 10.2. The summed E-state index contributed by atoms with van der Waals surface area (Å²) < 4.78 is 40.9. The van der Waals surface area contributed by atoms with Gasteiger partial charge in [0.15, 0.2) is 23.0 Å². The van der Waals surface area contributed by atoms with Gasteiger partial charge in [-0.05, 0) is 98.9 Å². The Hall–Kier alpha value is -5.67.